The molecule has 0 rings (SSSR count). The zero-order valence-electron chi connectivity index (χ0n) is 7.22. The lowest BCUT2D eigenvalue weighted by Gasteiger charge is -2.24. The van der Waals surface area contributed by atoms with Gasteiger partial charge in [0.2, 0.25) is 0 Å². The summed E-state index contributed by atoms with van der Waals surface area (Å²) in [6.45, 7) is 2.05. The molecular weight excluding hydrogens is 225 g/mol. The molecule has 0 unspecified atom stereocenters. The Morgan fingerprint density at radius 3 is 1.92 bits per heavy atom. The van der Waals surface area contributed by atoms with Gasteiger partial charge in [0.15, 0.2) is 8.07 Å². The molecule has 0 saturated carbocycles. The van der Waals surface area contributed by atoms with Crippen molar-refractivity contribution in [2.75, 3.05) is 5.75 Å². The SMILES string of the molecule is C[Si](C)(CCS(=O)(=O)O)C(F)(F)F. The molecule has 1 N–H and O–H groups in total. The summed E-state index contributed by atoms with van der Waals surface area (Å²) in [4.78, 5) is 0. The Morgan fingerprint density at radius 2 is 1.69 bits per heavy atom. The standard InChI is InChI=1S/C5H11F3O3SSi/c1-13(2,5(6,7)8)4-3-12(9,10)11/h3-4H2,1-2H3,(H,9,10,11). The Bertz CT molecular complexity index is 269. The predicted molar refractivity (Wildman–Crippen MR) is 44.8 cm³/mol. The van der Waals surface area contributed by atoms with Crippen LogP contribution >= 0.6 is 0 Å². The van der Waals surface area contributed by atoms with Crippen LogP contribution in [0, 0.1) is 0 Å². The summed E-state index contributed by atoms with van der Waals surface area (Å²) < 4.78 is 65.3. The molecule has 0 amide bonds. The summed E-state index contributed by atoms with van der Waals surface area (Å²) in [5.41, 5.74) is 0. The van der Waals surface area contributed by atoms with Gasteiger partial charge in [0.05, 0.1) is 5.75 Å². The fourth-order valence-electron chi connectivity index (χ4n) is 0.526. The van der Waals surface area contributed by atoms with Crippen LogP contribution in [-0.2, 0) is 10.1 Å². The molecule has 8 heteroatoms. The quantitative estimate of drug-likeness (QED) is 0.599. The van der Waals surface area contributed by atoms with E-state index in [4.69, 9.17) is 4.55 Å². The first-order chi connectivity index (χ1) is 5.46. The Kier molecular flexibility index (Phi) is 3.56. The van der Waals surface area contributed by atoms with E-state index < -0.39 is 35.8 Å². The van der Waals surface area contributed by atoms with Crippen molar-refractivity contribution in [3.8, 4) is 0 Å². The van der Waals surface area contributed by atoms with Crippen LogP contribution in [0.5, 0.6) is 0 Å². The minimum Gasteiger partial charge on any atom is -0.286 e. The van der Waals surface area contributed by atoms with E-state index in [0.717, 1.165) is 13.1 Å². The van der Waals surface area contributed by atoms with Crippen LogP contribution in [-0.4, -0.2) is 32.6 Å². The Hall–Kier alpha value is -0.0831. The van der Waals surface area contributed by atoms with Gasteiger partial charge in [-0.1, -0.05) is 13.1 Å². The predicted octanol–water partition coefficient (Wildman–Crippen LogP) is 1.68. The van der Waals surface area contributed by atoms with Gasteiger partial charge in [0.25, 0.3) is 10.1 Å². The zero-order valence-corrected chi connectivity index (χ0v) is 9.04. The highest BCUT2D eigenvalue weighted by Crippen LogP contribution is 2.31. The van der Waals surface area contributed by atoms with Crippen LogP contribution in [0.4, 0.5) is 13.2 Å². The molecule has 0 aliphatic rings. The lowest BCUT2D eigenvalue weighted by atomic mass is 11.0. The van der Waals surface area contributed by atoms with Gasteiger partial charge in [-0.05, 0) is 6.04 Å². The van der Waals surface area contributed by atoms with E-state index in [9.17, 15) is 21.6 Å². The highest BCUT2D eigenvalue weighted by atomic mass is 32.2. The van der Waals surface area contributed by atoms with Crippen molar-refractivity contribution in [1.29, 1.82) is 0 Å². The number of hydrogen-bond acceptors (Lipinski definition) is 2. The maximum Gasteiger partial charge on any atom is 0.361 e. The van der Waals surface area contributed by atoms with Gasteiger partial charge >= 0.3 is 5.80 Å². The number of alkyl halides is 3. The van der Waals surface area contributed by atoms with Gasteiger partial charge in [-0.3, -0.25) is 4.55 Å². The van der Waals surface area contributed by atoms with E-state index in [1.807, 2.05) is 0 Å². The smallest absolute Gasteiger partial charge is 0.286 e. The lowest BCUT2D eigenvalue weighted by molar-refractivity contribution is -0.0560. The van der Waals surface area contributed by atoms with Crippen molar-refractivity contribution in [3.63, 3.8) is 0 Å². The van der Waals surface area contributed by atoms with Gasteiger partial charge in [-0.25, -0.2) is 0 Å². The molecule has 0 aliphatic carbocycles. The summed E-state index contributed by atoms with van der Waals surface area (Å²) in [6.07, 6.45) is 0. The van der Waals surface area contributed by atoms with E-state index >= 15 is 0 Å². The third-order valence-electron chi connectivity index (χ3n) is 1.75. The first-order valence-corrected chi connectivity index (χ1v) is 8.29. The van der Waals surface area contributed by atoms with Gasteiger partial charge in [0.1, 0.15) is 0 Å². The van der Waals surface area contributed by atoms with Gasteiger partial charge in [0, 0.05) is 0 Å². The van der Waals surface area contributed by atoms with E-state index in [0.29, 0.717) is 0 Å². The van der Waals surface area contributed by atoms with E-state index in [2.05, 4.69) is 0 Å². The summed E-state index contributed by atoms with van der Waals surface area (Å²) in [5.74, 6) is -5.14. The van der Waals surface area contributed by atoms with E-state index in [1.165, 1.54) is 0 Å². The Balaban J connectivity index is 4.38. The monoisotopic (exact) mass is 236 g/mol. The van der Waals surface area contributed by atoms with E-state index in [1.54, 1.807) is 0 Å². The zero-order chi connectivity index (χ0) is 10.9. The normalized spacial score (nSPS) is 14.6. The maximum atomic E-state index is 12.2. The Morgan fingerprint density at radius 1 is 1.31 bits per heavy atom. The molecule has 0 saturated heterocycles. The first kappa shape index (κ1) is 12.9. The number of rotatable bonds is 3. The third kappa shape index (κ3) is 4.63. The van der Waals surface area contributed by atoms with Crippen molar-refractivity contribution in [1.82, 2.24) is 0 Å². The van der Waals surface area contributed by atoms with Gasteiger partial charge in [-0.2, -0.15) is 21.6 Å². The van der Waals surface area contributed by atoms with Crippen molar-refractivity contribution >= 4 is 18.2 Å². The second kappa shape index (κ2) is 3.58. The van der Waals surface area contributed by atoms with Crippen LogP contribution in [0.25, 0.3) is 0 Å². The van der Waals surface area contributed by atoms with Crippen LogP contribution in [0.1, 0.15) is 0 Å². The first-order valence-electron chi connectivity index (χ1n) is 3.48. The minimum atomic E-state index is -4.32. The van der Waals surface area contributed by atoms with Crippen molar-refractivity contribution < 1.29 is 26.1 Å². The van der Waals surface area contributed by atoms with Crippen LogP contribution in [0.2, 0.25) is 19.1 Å². The molecule has 80 valence electrons. The highest BCUT2D eigenvalue weighted by molar-refractivity contribution is 7.85. The van der Waals surface area contributed by atoms with Crippen LogP contribution < -0.4 is 0 Å². The molecule has 0 fully saturated rings. The summed E-state index contributed by atoms with van der Waals surface area (Å²) in [6, 6.07) is -0.505. The second-order valence-corrected chi connectivity index (χ2v) is 9.82. The van der Waals surface area contributed by atoms with E-state index in [-0.39, 0.29) is 0 Å². The van der Waals surface area contributed by atoms with Gasteiger partial charge in [-0.15, -0.1) is 0 Å². The average Bonchev–Trinajstić information content (AvgIpc) is 1.79. The molecule has 0 aromatic carbocycles. The van der Waals surface area contributed by atoms with Crippen molar-refractivity contribution in [3.05, 3.63) is 0 Å². The topological polar surface area (TPSA) is 54.4 Å². The molecule has 0 aromatic heterocycles. The van der Waals surface area contributed by atoms with Crippen molar-refractivity contribution in [2.24, 2.45) is 0 Å². The summed E-state index contributed by atoms with van der Waals surface area (Å²) >= 11 is 0. The largest absolute Gasteiger partial charge is 0.361 e. The third-order valence-corrected chi connectivity index (χ3v) is 5.87. The second-order valence-electron chi connectivity index (χ2n) is 3.42. The minimum absolute atomic E-state index is 0.505. The lowest BCUT2D eigenvalue weighted by Crippen LogP contribution is -2.45. The summed E-state index contributed by atoms with van der Waals surface area (Å²) in [5, 5.41) is 0. The fraction of sp³-hybridized carbons (Fsp3) is 1.00. The van der Waals surface area contributed by atoms with Crippen LogP contribution in [0.3, 0.4) is 0 Å². The highest BCUT2D eigenvalue weighted by Gasteiger charge is 2.49. The van der Waals surface area contributed by atoms with Crippen molar-refractivity contribution in [2.45, 2.75) is 24.9 Å². The molecular formula is C5H11F3O3SSi. The van der Waals surface area contributed by atoms with Gasteiger partial charge < -0.3 is 0 Å². The molecule has 3 nitrogen and oxygen atoms in total. The molecule has 0 aromatic rings. The molecule has 13 heavy (non-hydrogen) atoms. The van der Waals surface area contributed by atoms with Crippen LogP contribution in [0.15, 0.2) is 0 Å². The fourth-order valence-corrected chi connectivity index (χ4v) is 3.88. The molecule has 0 radical (unpaired) electrons. The molecule has 0 atom stereocenters. The number of hydrogen-bond donors (Lipinski definition) is 1. The summed E-state index contributed by atoms with van der Waals surface area (Å²) in [7, 11) is -7.84. The maximum absolute atomic E-state index is 12.2. The molecule has 0 aliphatic heterocycles. The molecule has 0 heterocycles. The Labute approximate surface area is 75.7 Å². The average molecular weight is 236 g/mol. The number of halogens is 3. The molecule has 0 bridgehead atoms. The molecule has 0 spiro atoms.